The Bertz CT molecular complexity index is 1190. The molecule has 3 rings (SSSR count). The Morgan fingerprint density at radius 3 is 2.24 bits per heavy atom. The molecule has 0 spiro atoms. The van der Waals surface area contributed by atoms with Gasteiger partial charge in [0.25, 0.3) is 5.91 Å². The van der Waals surface area contributed by atoms with Gasteiger partial charge in [-0.1, -0.05) is 23.7 Å². The number of halogens is 2. The maximum Gasteiger partial charge on any atom is 0.354 e. The molecule has 0 radical (unpaired) electrons. The molecule has 6 nitrogen and oxygen atoms in total. The van der Waals surface area contributed by atoms with Gasteiger partial charge in [-0.2, -0.15) is 0 Å². The largest absolute Gasteiger partial charge is 0.464 e. The molecule has 1 atom stereocenters. The fraction of sp³-hybridized carbons (Fsp3) is 0.240. The Morgan fingerprint density at radius 1 is 1.06 bits per heavy atom. The van der Waals surface area contributed by atoms with E-state index in [-0.39, 0.29) is 23.9 Å². The summed E-state index contributed by atoms with van der Waals surface area (Å²) in [5, 5.41) is 0.481. The van der Waals surface area contributed by atoms with Crippen molar-refractivity contribution in [3.8, 4) is 0 Å². The van der Waals surface area contributed by atoms with Gasteiger partial charge in [0.15, 0.2) is 5.78 Å². The standard InChI is InChI=1S/C25H24ClFN2O4/c1-14-21(15(2)28-22(14)25(32)33-4)23(30)16(3)29(13-17-5-11-20(27)12-6-17)24(31)18-7-9-19(26)10-8-18/h5-12,16,28H,13H2,1-4H3/t16-/m0/s1. The molecule has 8 heteroatoms. The van der Waals surface area contributed by atoms with E-state index >= 15 is 0 Å². The van der Waals surface area contributed by atoms with E-state index in [9.17, 15) is 18.8 Å². The first-order chi connectivity index (χ1) is 15.6. The minimum atomic E-state index is -0.878. The number of hydrogen-bond donors (Lipinski definition) is 1. The number of nitrogens with zero attached hydrogens (tertiary/aromatic N) is 1. The molecule has 3 aromatic rings. The predicted molar refractivity (Wildman–Crippen MR) is 123 cm³/mol. The van der Waals surface area contributed by atoms with Gasteiger partial charge in [0.2, 0.25) is 0 Å². The van der Waals surface area contributed by atoms with E-state index in [1.807, 2.05) is 0 Å². The van der Waals surface area contributed by atoms with Crippen LogP contribution in [0.4, 0.5) is 4.39 Å². The molecular weight excluding hydrogens is 447 g/mol. The first-order valence-electron chi connectivity index (χ1n) is 10.3. The van der Waals surface area contributed by atoms with Crippen LogP contribution in [0, 0.1) is 19.7 Å². The van der Waals surface area contributed by atoms with Gasteiger partial charge in [-0.05, 0) is 68.3 Å². The molecule has 0 aliphatic carbocycles. The topological polar surface area (TPSA) is 79.5 Å². The van der Waals surface area contributed by atoms with Gasteiger partial charge < -0.3 is 14.6 Å². The van der Waals surface area contributed by atoms with Gasteiger partial charge >= 0.3 is 5.97 Å². The average molecular weight is 471 g/mol. The Labute approximate surface area is 196 Å². The summed E-state index contributed by atoms with van der Waals surface area (Å²) in [5.74, 6) is -1.69. The highest BCUT2D eigenvalue weighted by Crippen LogP contribution is 2.24. The van der Waals surface area contributed by atoms with Crippen molar-refractivity contribution in [1.29, 1.82) is 0 Å². The van der Waals surface area contributed by atoms with Crippen molar-refractivity contribution in [3.05, 3.63) is 93.0 Å². The van der Waals surface area contributed by atoms with E-state index in [2.05, 4.69) is 4.98 Å². The Hall–Kier alpha value is -3.45. The number of aromatic nitrogens is 1. The average Bonchev–Trinajstić information content (AvgIpc) is 3.11. The number of H-pyrrole nitrogens is 1. The number of nitrogens with one attached hydrogen (secondary N) is 1. The summed E-state index contributed by atoms with van der Waals surface area (Å²) in [6, 6.07) is 11.2. The molecule has 0 fully saturated rings. The highest BCUT2D eigenvalue weighted by atomic mass is 35.5. The van der Waals surface area contributed by atoms with E-state index in [1.54, 1.807) is 57.2 Å². The number of Topliss-reactive ketones (excluding diaryl/α,β-unsaturated/α-hetero) is 1. The number of hydrogen-bond acceptors (Lipinski definition) is 4. The highest BCUT2D eigenvalue weighted by Gasteiger charge is 2.31. The second-order valence-corrected chi connectivity index (χ2v) is 8.16. The smallest absolute Gasteiger partial charge is 0.354 e. The number of carbonyl (C=O) groups excluding carboxylic acids is 3. The van der Waals surface area contributed by atoms with Crippen LogP contribution in [0.2, 0.25) is 5.02 Å². The molecule has 1 amide bonds. The van der Waals surface area contributed by atoms with E-state index in [1.165, 1.54) is 24.1 Å². The number of rotatable bonds is 7. The van der Waals surface area contributed by atoms with Crippen molar-refractivity contribution < 1.29 is 23.5 Å². The Kier molecular flexibility index (Phi) is 7.33. The Balaban J connectivity index is 2.00. The van der Waals surface area contributed by atoms with Crippen molar-refractivity contribution in [1.82, 2.24) is 9.88 Å². The van der Waals surface area contributed by atoms with Crippen LogP contribution in [0.1, 0.15) is 54.9 Å². The fourth-order valence-electron chi connectivity index (χ4n) is 3.71. The summed E-state index contributed by atoms with van der Waals surface area (Å²) in [6.07, 6.45) is 0. The molecule has 33 heavy (non-hydrogen) atoms. The highest BCUT2D eigenvalue weighted by molar-refractivity contribution is 6.30. The zero-order valence-corrected chi connectivity index (χ0v) is 19.5. The monoisotopic (exact) mass is 470 g/mol. The lowest BCUT2D eigenvalue weighted by atomic mass is 9.98. The number of aromatic amines is 1. The number of ether oxygens (including phenoxy) is 1. The van der Waals surface area contributed by atoms with E-state index in [4.69, 9.17) is 16.3 Å². The van der Waals surface area contributed by atoms with Gasteiger partial charge in [0.05, 0.1) is 13.2 Å². The van der Waals surface area contributed by atoms with Crippen LogP contribution in [-0.2, 0) is 11.3 Å². The van der Waals surface area contributed by atoms with Crippen LogP contribution >= 0.6 is 11.6 Å². The van der Waals surface area contributed by atoms with Crippen LogP contribution in [0.25, 0.3) is 0 Å². The molecule has 0 saturated heterocycles. The maximum absolute atomic E-state index is 13.5. The number of methoxy groups -OCH3 is 1. The third-order valence-electron chi connectivity index (χ3n) is 5.54. The van der Waals surface area contributed by atoms with E-state index < -0.39 is 17.8 Å². The van der Waals surface area contributed by atoms with Crippen molar-refractivity contribution in [2.24, 2.45) is 0 Å². The summed E-state index contributed by atoms with van der Waals surface area (Å²) in [6.45, 7) is 5.05. The maximum atomic E-state index is 13.5. The van der Waals surface area contributed by atoms with Crippen LogP contribution in [-0.4, -0.2) is 40.7 Å². The molecule has 172 valence electrons. The lowest BCUT2D eigenvalue weighted by Gasteiger charge is -2.29. The van der Waals surface area contributed by atoms with Crippen molar-refractivity contribution in [2.45, 2.75) is 33.4 Å². The van der Waals surface area contributed by atoms with Crippen LogP contribution in [0.3, 0.4) is 0 Å². The zero-order valence-electron chi connectivity index (χ0n) is 18.7. The third kappa shape index (κ3) is 5.14. The summed E-state index contributed by atoms with van der Waals surface area (Å²) in [5.41, 5.74) is 2.51. The van der Waals surface area contributed by atoms with Crippen molar-refractivity contribution in [3.63, 3.8) is 0 Å². The number of ketones is 1. The first kappa shape index (κ1) is 24.2. The summed E-state index contributed by atoms with van der Waals surface area (Å²) in [7, 11) is 1.26. The molecule has 1 heterocycles. The van der Waals surface area contributed by atoms with Gasteiger partial charge in [0.1, 0.15) is 11.5 Å². The number of benzene rings is 2. The Morgan fingerprint density at radius 2 is 1.67 bits per heavy atom. The lowest BCUT2D eigenvalue weighted by Crippen LogP contribution is -2.43. The second kappa shape index (κ2) is 10.0. The second-order valence-electron chi connectivity index (χ2n) is 7.72. The van der Waals surface area contributed by atoms with Gasteiger partial charge in [0, 0.05) is 28.4 Å². The molecule has 0 unspecified atom stereocenters. The molecule has 0 bridgehead atoms. The van der Waals surface area contributed by atoms with Crippen molar-refractivity contribution >= 4 is 29.3 Å². The minimum absolute atomic E-state index is 0.0843. The van der Waals surface area contributed by atoms with Crippen LogP contribution < -0.4 is 0 Å². The molecule has 0 aliphatic heterocycles. The van der Waals surface area contributed by atoms with E-state index in [0.29, 0.717) is 33.0 Å². The number of esters is 1. The summed E-state index contributed by atoms with van der Waals surface area (Å²) >= 11 is 5.95. The predicted octanol–water partition coefficient (Wildman–Crippen LogP) is 5.12. The molecule has 0 aliphatic rings. The quantitative estimate of drug-likeness (QED) is 0.383. The van der Waals surface area contributed by atoms with Gasteiger partial charge in [-0.15, -0.1) is 0 Å². The van der Waals surface area contributed by atoms with Crippen LogP contribution in [0.5, 0.6) is 0 Å². The van der Waals surface area contributed by atoms with Crippen molar-refractivity contribution in [2.75, 3.05) is 7.11 Å². The molecule has 1 aromatic heterocycles. The first-order valence-corrected chi connectivity index (χ1v) is 10.6. The normalized spacial score (nSPS) is 11.7. The number of aryl methyl sites for hydroxylation is 1. The summed E-state index contributed by atoms with van der Waals surface area (Å²) in [4.78, 5) is 43.3. The lowest BCUT2D eigenvalue weighted by molar-refractivity contribution is 0.0592. The van der Waals surface area contributed by atoms with E-state index in [0.717, 1.165) is 0 Å². The van der Waals surface area contributed by atoms with Gasteiger partial charge in [-0.25, -0.2) is 9.18 Å². The summed E-state index contributed by atoms with van der Waals surface area (Å²) < 4.78 is 18.2. The van der Waals surface area contributed by atoms with Crippen LogP contribution in [0.15, 0.2) is 48.5 Å². The number of carbonyl (C=O) groups is 3. The molecule has 2 aromatic carbocycles. The SMILES string of the molecule is COC(=O)c1[nH]c(C)c(C(=O)[C@H](C)N(Cc2ccc(F)cc2)C(=O)c2ccc(Cl)cc2)c1C. The number of amides is 1. The molecule has 1 N–H and O–H groups in total. The molecular formula is C25H24ClFN2O4. The van der Waals surface area contributed by atoms with Gasteiger partial charge in [-0.3, -0.25) is 9.59 Å². The zero-order chi connectivity index (χ0) is 24.3. The third-order valence-corrected chi connectivity index (χ3v) is 5.79. The molecule has 0 saturated carbocycles. The minimum Gasteiger partial charge on any atom is -0.464 e. The fourth-order valence-corrected chi connectivity index (χ4v) is 3.83.